The van der Waals surface area contributed by atoms with Crippen molar-refractivity contribution in [3.05, 3.63) is 216 Å². The van der Waals surface area contributed by atoms with Crippen LogP contribution < -0.4 is 0 Å². The quantitative estimate of drug-likeness (QED) is 0.181. The van der Waals surface area contributed by atoms with Crippen LogP contribution in [0.1, 0.15) is 27.8 Å². The Morgan fingerprint density at radius 3 is 1.79 bits per heavy atom. The lowest BCUT2D eigenvalue weighted by molar-refractivity contribution is 0.723. The van der Waals surface area contributed by atoms with Crippen molar-refractivity contribution in [2.24, 2.45) is 0 Å². The summed E-state index contributed by atoms with van der Waals surface area (Å²) in [4.78, 5) is 13.0. The van der Waals surface area contributed by atoms with Crippen LogP contribution in [0.15, 0.2) is 198 Å². The molecule has 8 aromatic carbocycles. The summed E-state index contributed by atoms with van der Waals surface area (Å²) in [5.74, 6) is 0.690. The molecule has 0 N–H and O–H groups in total. The Labute approximate surface area is 329 Å². The lowest BCUT2D eigenvalue weighted by Gasteiger charge is -2.40. The molecule has 3 nitrogen and oxygen atoms in total. The molecule has 0 fully saturated rings. The molecule has 9 aromatic rings. The number of benzene rings is 8. The fraction of sp³-hybridized carbons (Fsp3) is 0.0192. The summed E-state index contributed by atoms with van der Waals surface area (Å²) >= 11 is 1.84. The van der Waals surface area contributed by atoms with Crippen molar-refractivity contribution in [2.45, 2.75) is 15.2 Å². The highest BCUT2D eigenvalue weighted by atomic mass is 32.2. The van der Waals surface area contributed by atoms with Gasteiger partial charge in [0.05, 0.1) is 28.4 Å². The Hall–Kier alpha value is -7.06. The second-order valence-electron chi connectivity index (χ2n) is 14.4. The van der Waals surface area contributed by atoms with Crippen LogP contribution in [0.2, 0.25) is 0 Å². The number of nitrogens with zero attached hydrogens (tertiary/aromatic N) is 3. The minimum absolute atomic E-state index is 0.607. The molecule has 1 aromatic heterocycles. The Balaban J connectivity index is 1.19. The molecule has 0 saturated heterocycles. The van der Waals surface area contributed by atoms with E-state index in [-0.39, 0.29) is 0 Å². The molecule has 11 rings (SSSR count). The molecule has 1 aliphatic heterocycles. The smallest absolute Gasteiger partial charge is 0.160 e. The van der Waals surface area contributed by atoms with Crippen LogP contribution in [0.5, 0.6) is 0 Å². The van der Waals surface area contributed by atoms with E-state index in [9.17, 15) is 5.26 Å². The third-order valence-corrected chi connectivity index (χ3v) is 12.6. The van der Waals surface area contributed by atoms with Gasteiger partial charge < -0.3 is 0 Å². The number of nitriles is 1. The number of aromatic nitrogens is 2. The van der Waals surface area contributed by atoms with Crippen molar-refractivity contribution >= 4 is 22.5 Å². The van der Waals surface area contributed by atoms with E-state index >= 15 is 0 Å². The van der Waals surface area contributed by atoms with E-state index in [0.29, 0.717) is 11.4 Å². The Bertz CT molecular complexity index is 3040. The van der Waals surface area contributed by atoms with Gasteiger partial charge in [-0.2, -0.15) is 5.26 Å². The number of fused-ring (bicyclic) bond motifs is 10. The average molecular weight is 730 g/mol. The maximum absolute atomic E-state index is 10.1. The predicted octanol–water partition coefficient (Wildman–Crippen LogP) is 13.0. The third-order valence-electron chi connectivity index (χ3n) is 11.4. The highest BCUT2D eigenvalue weighted by molar-refractivity contribution is 7.99. The van der Waals surface area contributed by atoms with Gasteiger partial charge in [0.15, 0.2) is 5.82 Å². The van der Waals surface area contributed by atoms with Crippen molar-refractivity contribution in [3.63, 3.8) is 0 Å². The Morgan fingerprint density at radius 1 is 0.429 bits per heavy atom. The van der Waals surface area contributed by atoms with Gasteiger partial charge >= 0.3 is 0 Å². The molecule has 2 heterocycles. The molecule has 0 atom stereocenters. The zero-order valence-electron chi connectivity index (χ0n) is 30.1. The van der Waals surface area contributed by atoms with Crippen molar-refractivity contribution in [3.8, 4) is 62.2 Å². The van der Waals surface area contributed by atoms with Gasteiger partial charge in [-0.05, 0) is 91.7 Å². The first-order valence-electron chi connectivity index (χ1n) is 18.8. The molecule has 4 heteroatoms. The van der Waals surface area contributed by atoms with Crippen LogP contribution in [-0.2, 0) is 5.41 Å². The monoisotopic (exact) mass is 729 g/mol. The highest BCUT2D eigenvalue weighted by Crippen LogP contribution is 2.63. The molecular weight excluding hydrogens is 699 g/mol. The van der Waals surface area contributed by atoms with Crippen LogP contribution in [0, 0.1) is 11.3 Å². The largest absolute Gasteiger partial charge is 0.228 e. The van der Waals surface area contributed by atoms with E-state index in [1.54, 1.807) is 0 Å². The topological polar surface area (TPSA) is 49.6 Å². The first-order chi connectivity index (χ1) is 27.7. The second kappa shape index (κ2) is 12.8. The zero-order chi connectivity index (χ0) is 37.2. The molecule has 0 radical (unpaired) electrons. The summed E-state index contributed by atoms with van der Waals surface area (Å²) in [6.07, 6.45) is 0. The van der Waals surface area contributed by atoms with E-state index in [2.05, 4.69) is 158 Å². The van der Waals surface area contributed by atoms with Crippen LogP contribution >= 0.6 is 11.8 Å². The van der Waals surface area contributed by atoms with Crippen molar-refractivity contribution in [1.82, 2.24) is 9.97 Å². The number of rotatable bonds is 4. The second-order valence-corrected chi connectivity index (χ2v) is 15.5. The predicted molar refractivity (Wildman–Crippen MR) is 227 cm³/mol. The summed E-state index contributed by atoms with van der Waals surface area (Å²) in [6.45, 7) is 0. The van der Waals surface area contributed by atoms with E-state index in [1.165, 1.54) is 48.6 Å². The highest BCUT2D eigenvalue weighted by Gasteiger charge is 2.50. The Kier molecular flexibility index (Phi) is 7.38. The van der Waals surface area contributed by atoms with E-state index in [1.807, 2.05) is 48.2 Å². The van der Waals surface area contributed by atoms with Gasteiger partial charge in [0.2, 0.25) is 0 Å². The maximum atomic E-state index is 10.1. The van der Waals surface area contributed by atoms with Crippen molar-refractivity contribution < 1.29 is 0 Å². The summed E-state index contributed by atoms with van der Waals surface area (Å²) in [5.41, 5.74) is 14.2. The van der Waals surface area contributed by atoms with Crippen LogP contribution in [0.25, 0.3) is 66.9 Å². The van der Waals surface area contributed by atoms with Gasteiger partial charge in [-0.15, -0.1) is 0 Å². The van der Waals surface area contributed by atoms with Crippen LogP contribution in [0.4, 0.5) is 0 Å². The molecule has 0 amide bonds. The summed E-state index contributed by atoms with van der Waals surface area (Å²) in [7, 11) is 0. The molecular formula is C52H31N3S. The molecule has 1 spiro atoms. The molecule has 0 saturated carbocycles. The van der Waals surface area contributed by atoms with Gasteiger partial charge in [0, 0.05) is 26.5 Å². The fourth-order valence-electron chi connectivity index (χ4n) is 8.96. The lowest BCUT2D eigenvalue weighted by Crippen LogP contribution is -2.32. The van der Waals surface area contributed by atoms with Crippen LogP contribution in [-0.4, -0.2) is 9.97 Å². The number of hydrogen-bond acceptors (Lipinski definition) is 4. The van der Waals surface area contributed by atoms with Gasteiger partial charge in [0.25, 0.3) is 0 Å². The number of hydrogen-bond donors (Lipinski definition) is 0. The lowest BCUT2D eigenvalue weighted by atomic mass is 9.67. The zero-order valence-corrected chi connectivity index (χ0v) is 31.0. The summed E-state index contributed by atoms with van der Waals surface area (Å²) < 4.78 is 0. The van der Waals surface area contributed by atoms with Gasteiger partial charge in [0.1, 0.15) is 0 Å². The minimum atomic E-state index is -0.607. The van der Waals surface area contributed by atoms with E-state index in [4.69, 9.17) is 9.97 Å². The Morgan fingerprint density at radius 2 is 1.02 bits per heavy atom. The van der Waals surface area contributed by atoms with E-state index < -0.39 is 5.41 Å². The standard InChI is InChI=1S/C52H31N3S/c53-32-37-16-5-6-18-38(37)35-25-27-40-41-28-26-36(30-46(41)52(45(40)29-35)43-21-8-10-23-49(43)56-50-24-11-9-22-44(50)52)47-31-48(55-51(54-47)34-14-2-1-3-15-34)42-20-12-17-33-13-4-7-19-39(33)42/h1-31H. The first-order valence-corrected chi connectivity index (χ1v) is 19.6. The first kappa shape index (κ1) is 32.4. The minimum Gasteiger partial charge on any atom is -0.228 e. The van der Waals surface area contributed by atoms with Gasteiger partial charge in [-0.1, -0.05) is 163 Å². The van der Waals surface area contributed by atoms with E-state index in [0.717, 1.165) is 44.6 Å². The van der Waals surface area contributed by atoms with Crippen molar-refractivity contribution in [2.75, 3.05) is 0 Å². The molecule has 1 aliphatic carbocycles. The molecule has 0 bridgehead atoms. The SMILES string of the molecule is N#Cc1ccccc1-c1ccc2c(c1)C1(c3ccccc3Sc3ccccc31)c1cc(-c3cc(-c4cccc5ccccc45)nc(-c4ccccc4)n3)ccc1-2. The molecule has 56 heavy (non-hydrogen) atoms. The van der Waals surface area contributed by atoms with Gasteiger partial charge in [-0.25, -0.2) is 9.97 Å². The molecule has 260 valence electrons. The fourth-order valence-corrected chi connectivity index (χ4v) is 10.1. The average Bonchev–Trinajstić information content (AvgIpc) is 3.55. The molecule has 0 unspecified atom stereocenters. The van der Waals surface area contributed by atoms with Crippen molar-refractivity contribution in [1.29, 1.82) is 5.26 Å². The van der Waals surface area contributed by atoms with Gasteiger partial charge in [-0.3, -0.25) is 0 Å². The third kappa shape index (κ3) is 4.85. The normalized spacial score (nSPS) is 13.1. The summed E-state index contributed by atoms with van der Waals surface area (Å²) in [6, 6.07) is 69.0. The maximum Gasteiger partial charge on any atom is 0.160 e. The van der Waals surface area contributed by atoms with Crippen LogP contribution in [0.3, 0.4) is 0 Å². The summed E-state index contributed by atoms with van der Waals surface area (Å²) in [5, 5.41) is 12.5. The molecule has 2 aliphatic rings.